The number of ether oxygens (including phenoxy) is 1. The minimum Gasteiger partial charge on any atom is -0.481 e. The molecule has 14 heavy (non-hydrogen) atoms. The normalized spacial score (nSPS) is 11.5. The first-order valence-corrected chi connectivity index (χ1v) is 5.87. The SMILES string of the molecule is CS(=O)(=O)OCCOCCCC(=O)O. The summed E-state index contributed by atoms with van der Waals surface area (Å²) in [5.41, 5.74) is 0. The predicted molar refractivity (Wildman–Crippen MR) is 48.5 cm³/mol. The molecule has 0 aliphatic carbocycles. The van der Waals surface area contributed by atoms with Crippen LogP contribution in [0.3, 0.4) is 0 Å². The van der Waals surface area contributed by atoms with Crippen molar-refractivity contribution in [3.05, 3.63) is 0 Å². The quantitative estimate of drug-likeness (QED) is 0.457. The molecule has 0 fully saturated rings. The van der Waals surface area contributed by atoms with Crippen LogP contribution in [-0.4, -0.2) is 45.6 Å². The summed E-state index contributed by atoms with van der Waals surface area (Å²) in [4.78, 5) is 10.1. The fourth-order valence-electron chi connectivity index (χ4n) is 0.672. The Hall–Kier alpha value is -0.660. The number of carbonyl (C=O) groups is 1. The van der Waals surface area contributed by atoms with Crippen LogP contribution in [0, 0.1) is 0 Å². The molecule has 7 heteroatoms. The summed E-state index contributed by atoms with van der Waals surface area (Å²) in [5.74, 6) is -0.874. The van der Waals surface area contributed by atoms with Crippen LogP contribution in [0.15, 0.2) is 0 Å². The van der Waals surface area contributed by atoms with Gasteiger partial charge in [0.2, 0.25) is 0 Å². The summed E-state index contributed by atoms with van der Waals surface area (Å²) in [5, 5.41) is 8.26. The van der Waals surface area contributed by atoms with Crippen molar-refractivity contribution in [3.63, 3.8) is 0 Å². The molecule has 0 saturated heterocycles. The lowest BCUT2D eigenvalue weighted by atomic mass is 10.3. The first kappa shape index (κ1) is 13.3. The highest BCUT2D eigenvalue weighted by molar-refractivity contribution is 7.85. The van der Waals surface area contributed by atoms with E-state index in [9.17, 15) is 13.2 Å². The third-order valence-electron chi connectivity index (χ3n) is 1.20. The highest BCUT2D eigenvalue weighted by Crippen LogP contribution is 1.91. The van der Waals surface area contributed by atoms with Crippen LogP contribution in [0.4, 0.5) is 0 Å². The van der Waals surface area contributed by atoms with Crippen molar-refractivity contribution >= 4 is 16.1 Å². The Balaban J connectivity index is 3.19. The van der Waals surface area contributed by atoms with Gasteiger partial charge in [0, 0.05) is 13.0 Å². The molecule has 0 aromatic heterocycles. The second-order valence-electron chi connectivity index (χ2n) is 2.64. The minimum atomic E-state index is -3.40. The van der Waals surface area contributed by atoms with Crippen LogP contribution in [-0.2, 0) is 23.8 Å². The standard InChI is InChI=1S/C7H14O6S/c1-14(10,11)13-6-5-12-4-2-3-7(8)9/h2-6H2,1H3,(H,8,9). The molecule has 0 spiro atoms. The van der Waals surface area contributed by atoms with E-state index in [1.165, 1.54) is 0 Å². The van der Waals surface area contributed by atoms with Crippen LogP contribution in [0.5, 0.6) is 0 Å². The second kappa shape index (κ2) is 6.74. The maximum absolute atomic E-state index is 10.5. The van der Waals surface area contributed by atoms with E-state index < -0.39 is 16.1 Å². The first-order chi connectivity index (χ1) is 6.42. The van der Waals surface area contributed by atoms with Crippen molar-refractivity contribution in [3.8, 4) is 0 Å². The van der Waals surface area contributed by atoms with Gasteiger partial charge < -0.3 is 9.84 Å². The van der Waals surface area contributed by atoms with Crippen LogP contribution in [0.1, 0.15) is 12.8 Å². The summed E-state index contributed by atoms with van der Waals surface area (Å²) in [6, 6.07) is 0. The predicted octanol–water partition coefficient (Wildman–Crippen LogP) is -0.156. The highest BCUT2D eigenvalue weighted by atomic mass is 32.2. The van der Waals surface area contributed by atoms with E-state index in [0.29, 0.717) is 13.0 Å². The molecule has 0 heterocycles. The maximum atomic E-state index is 10.5. The lowest BCUT2D eigenvalue weighted by molar-refractivity contribution is -0.137. The van der Waals surface area contributed by atoms with E-state index >= 15 is 0 Å². The summed E-state index contributed by atoms with van der Waals surface area (Å²) in [6.45, 7) is 0.401. The van der Waals surface area contributed by atoms with Crippen molar-refractivity contribution in [1.82, 2.24) is 0 Å². The lowest BCUT2D eigenvalue weighted by Crippen LogP contribution is -2.10. The summed E-state index contributed by atoms with van der Waals surface area (Å²) in [6.07, 6.45) is 1.42. The molecule has 0 aromatic carbocycles. The first-order valence-electron chi connectivity index (χ1n) is 4.06. The Morgan fingerprint density at radius 3 is 2.43 bits per heavy atom. The van der Waals surface area contributed by atoms with Crippen LogP contribution >= 0.6 is 0 Å². The van der Waals surface area contributed by atoms with E-state index in [2.05, 4.69) is 4.18 Å². The third-order valence-corrected chi connectivity index (χ3v) is 1.80. The lowest BCUT2D eigenvalue weighted by Gasteiger charge is -2.02. The van der Waals surface area contributed by atoms with Crippen LogP contribution < -0.4 is 0 Å². The summed E-state index contributed by atoms with van der Waals surface area (Å²) < 4.78 is 30.2. The van der Waals surface area contributed by atoms with E-state index in [-0.39, 0.29) is 19.6 Å². The van der Waals surface area contributed by atoms with Gasteiger partial charge in [0.05, 0.1) is 19.5 Å². The zero-order chi connectivity index (χ0) is 11.0. The fourth-order valence-corrected chi connectivity index (χ4v) is 1.04. The number of hydrogen-bond acceptors (Lipinski definition) is 5. The molecule has 0 aromatic rings. The molecule has 0 aliphatic heterocycles. The number of aliphatic carboxylic acids is 1. The molecule has 84 valence electrons. The van der Waals surface area contributed by atoms with E-state index in [4.69, 9.17) is 9.84 Å². The summed E-state index contributed by atoms with van der Waals surface area (Å²) in [7, 11) is -3.40. The van der Waals surface area contributed by atoms with Gasteiger partial charge in [-0.05, 0) is 6.42 Å². The molecule has 0 rings (SSSR count). The van der Waals surface area contributed by atoms with Crippen molar-refractivity contribution in [2.45, 2.75) is 12.8 Å². The second-order valence-corrected chi connectivity index (χ2v) is 4.28. The van der Waals surface area contributed by atoms with Crippen LogP contribution in [0.2, 0.25) is 0 Å². The molecule has 0 atom stereocenters. The Bertz CT molecular complexity index is 257. The summed E-state index contributed by atoms with van der Waals surface area (Å²) >= 11 is 0. The zero-order valence-corrected chi connectivity index (χ0v) is 8.75. The molecule has 0 amide bonds. The molecular weight excluding hydrogens is 212 g/mol. The largest absolute Gasteiger partial charge is 0.481 e. The van der Waals surface area contributed by atoms with Crippen molar-refractivity contribution in [1.29, 1.82) is 0 Å². The van der Waals surface area contributed by atoms with Gasteiger partial charge in [0.1, 0.15) is 0 Å². The Labute approximate surface area is 82.9 Å². The molecule has 1 N–H and O–H groups in total. The van der Waals surface area contributed by atoms with Gasteiger partial charge in [-0.1, -0.05) is 0 Å². The maximum Gasteiger partial charge on any atom is 0.303 e. The number of rotatable bonds is 8. The molecule has 0 radical (unpaired) electrons. The van der Waals surface area contributed by atoms with Crippen LogP contribution in [0.25, 0.3) is 0 Å². The minimum absolute atomic E-state index is 0.0358. The monoisotopic (exact) mass is 226 g/mol. The number of hydrogen-bond donors (Lipinski definition) is 1. The molecule has 0 saturated carbocycles. The molecular formula is C7H14O6S. The number of carboxylic acid groups (broad SMARTS) is 1. The zero-order valence-electron chi connectivity index (χ0n) is 7.93. The smallest absolute Gasteiger partial charge is 0.303 e. The molecule has 0 bridgehead atoms. The van der Waals surface area contributed by atoms with Gasteiger partial charge in [-0.2, -0.15) is 8.42 Å². The topological polar surface area (TPSA) is 89.9 Å². The third kappa shape index (κ3) is 11.3. The van der Waals surface area contributed by atoms with Crippen molar-refractivity contribution in [2.24, 2.45) is 0 Å². The van der Waals surface area contributed by atoms with Gasteiger partial charge in [-0.3, -0.25) is 8.98 Å². The van der Waals surface area contributed by atoms with Gasteiger partial charge in [0.15, 0.2) is 0 Å². The van der Waals surface area contributed by atoms with Gasteiger partial charge in [0.25, 0.3) is 10.1 Å². The Morgan fingerprint density at radius 1 is 1.29 bits per heavy atom. The van der Waals surface area contributed by atoms with Gasteiger partial charge >= 0.3 is 5.97 Å². The molecule has 6 nitrogen and oxygen atoms in total. The van der Waals surface area contributed by atoms with Gasteiger partial charge in [-0.25, -0.2) is 0 Å². The number of carboxylic acids is 1. The highest BCUT2D eigenvalue weighted by Gasteiger charge is 2.00. The average molecular weight is 226 g/mol. The van der Waals surface area contributed by atoms with Gasteiger partial charge in [-0.15, -0.1) is 0 Å². The molecule has 0 unspecified atom stereocenters. The van der Waals surface area contributed by atoms with E-state index in [1.54, 1.807) is 0 Å². The van der Waals surface area contributed by atoms with Crippen molar-refractivity contribution < 1.29 is 27.2 Å². The molecule has 0 aliphatic rings. The van der Waals surface area contributed by atoms with E-state index in [1.807, 2.05) is 0 Å². The Morgan fingerprint density at radius 2 is 1.93 bits per heavy atom. The fraction of sp³-hybridized carbons (Fsp3) is 0.857. The van der Waals surface area contributed by atoms with Crippen molar-refractivity contribution in [2.75, 3.05) is 26.1 Å². The Kier molecular flexibility index (Phi) is 6.43. The average Bonchev–Trinajstić information content (AvgIpc) is 2.00. The van der Waals surface area contributed by atoms with E-state index in [0.717, 1.165) is 6.26 Å².